The zero-order valence-electron chi connectivity index (χ0n) is 14.7. The molecule has 0 aliphatic carbocycles. The van der Waals surface area contributed by atoms with Gasteiger partial charge >= 0.3 is 0 Å². The fourth-order valence-corrected chi connectivity index (χ4v) is 3.38. The molecule has 1 amide bonds. The molecule has 3 rings (SSSR count). The Labute approximate surface area is 166 Å². The number of amides is 1. The lowest BCUT2D eigenvalue weighted by Gasteiger charge is -2.11. The molecular weight excluding hydrogens is 384 g/mol. The first-order valence-electron chi connectivity index (χ1n) is 8.39. The fraction of sp³-hybridized carbons (Fsp3) is 0.211. The van der Waals surface area contributed by atoms with E-state index in [4.69, 9.17) is 11.6 Å². The lowest BCUT2D eigenvalue weighted by Crippen LogP contribution is -2.15. The van der Waals surface area contributed by atoms with Gasteiger partial charge in [0.25, 0.3) is 0 Å². The number of thioether (sulfide) groups is 1. The monoisotopic (exact) mass is 402 g/mol. The molecule has 1 atom stereocenters. The molecule has 0 fully saturated rings. The molecule has 140 valence electrons. The van der Waals surface area contributed by atoms with Crippen molar-refractivity contribution in [2.45, 2.75) is 24.6 Å². The normalized spacial score (nSPS) is 12.0. The van der Waals surface area contributed by atoms with Gasteiger partial charge in [0.05, 0.1) is 11.9 Å². The Bertz CT molecular complexity index is 898. The molecule has 0 bridgehead atoms. The lowest BCUT2D eigenvalue weighted by atomic mass is 10.2. The van der Waals surface area contributed by atoms with Gasteiger partial charge in [-0.15, -0.1) is 10.2 Å². The van der Waals surface area contributed by atoms with Crippen LogP contribution in [0.25, 0.3) is 5.69 Å². The fourth-order valence-electron chi connectivity index (χ4n) is 2.49. The van der Waals surface area contributed by atoms with Crippen molar-refractivity contribution < 1.29 is 9.90 Å². The van der Waals surface area contributed by atoms with Gasteiger partial charge in [0.2, 0.25) is 5.91 Å². The molecule has 0 aliphatic rings. The summed E-state index contributed by atoms with van der Waals surface area (Å²) in [6.07, 6.45) is -0.165. The molecule has 6 nitrogen and oxygen atoms in total. The smallest absolute Gasteiger partial charge is 0.234 e. The summed E-state index contributed by atoms with van der Waals surface area (Å²) in [5.74, 6) is 0.682. The highest BCUT2D eigenvalue weighted by Crippen LogP contribution is 2.23. The zero-order valence-corrected chi connectivity index (χ0v) is 16.2. The number of anilines is 1. The van der Waals surface area contributed by atoms with E-state index in [2.05, 4.69) is 15.5 Å². The Morgan fingerprint density at radius 3 is 2.56 bits per heavy atom. The number of nitrogens with zero attached hydrogens (tertiary/aromatic N) is 3. The highest BCUT2D eigenvalue weighted by molar-refractivity contribution is 7.99. The van der Waals surface area contributed by atoms with Crippen molar-refractivity contribution in [1.82, 2.24) is 14.8 Å². The Morgan fingerprint density at radius 1 is 1.19 bits per heavy atom. The summed E-state index contributed by atoms with van der Waals surface area (Å²) < 4.78 is 1.87. The Balaban J connectivity index is 1.73. The zero-order chi connectivity index (χ0) is 19.2. The highest BCUT2D eigenvalue weighted by atomic mass is 35.5. The molecule has 0 aliphatic heterocycles. The molecule has 0 saturated heterocycles. The van der Waals surface area contributed by atoms with E-state index < -0.39 is 6.10 Å². The van der Waals surface area contributed by atoms with Crippen LogP contribution in [0.15, 0.2) is 59.8 Å². The molecule has 0 radical (unpaired) electrons. The number of nitrogens with one attached hydrogen (secondary N) is 1. The first-order chi connectivity index (χ1) is 13.0. The van der Waals surface area contributed by atoms with Gasteiger partial charge in [-0.05, 0) is 43.3 Å². The van der Waals surface area contributed by atoms with Gasteiger partial charge in [0.15, 0.2) is 5.16 Å². The van der Waals surface area contributed by atoms with E-state index in [-0.39, 0.29) is 11.7 Å². The van der Waals surface area contributed by atoms with Crippen LogP contribution in [0.4, 0.5) is 5.69 Å². The summed E-state index contributed by atoms with van der Waals surface area (Å²) in [5, 5.41) is 22.2. The molecule has 1 aromatic heterocycles. The molecule has 27 heavy (non-hydrogen) atoms. The summed E-state index contributed by atoms with van der Waals surface area (Å²) in [7, 11) is 0. The summed E-state index contributed by atoms with van der Waals surface area (Å²) in [6.45, 7) is 1.70. The summed E-state index contributed by atoms with van der Waals surface area (Å²) in [4.78, 5) is 12.2. The van der Waals surface area contributed by atoms with E-state index in [1.165, 1.54) is 11.8 Å². The summed E-state index contributed by atoms with van der Waals surface area (Å²) >= 11 is 7.14. The van der Waals surface area contributed by atoms with Gasteiger partial charge < -0.3 is 10.4 Å². The third-order valence-electron chi connectivity index (χ3n) is 3.65. The number of para-hydroxylation sites is 1. The van der Waals surface area contributed by atoms with Gasteiger partial charge in [-0.25, -0.2) is 0 Å². The van der Waals surface area contributed by atoms with Crippen LogP contribution < -0.4 is 5.32 Å². The lowest BCUT2D eigenvalue weighted by molar-refractivity contribution is -0.113. The third kappa shape index (κ3) is 5.32. The number of rotatable bonds is 7. The van der Waals surface area contributed by atoms with E-state index in [1.54, 1.807) is 31.2 Å². The van der Waals surface area contributed by atoms with Crippen LogP contribution in [0.3, 0.4) is 0 Å². The second kappa shape index (κ2) is 9.03. The van der Waals surface area contributed by atoms with E-state index >= 15 is 0 Å². The van der Waals surface area contributed by atoms with Crippen molar-refractivity contribution in [3.05, 3.63) is 65.4 Å². The van der Waals surface area contributed by atoms with E-state index in [9.17, 15) is 9.90 Å². The molecule has 1 heterocycles. The van der Waals surface area contributed by atoms with E-state index in [0.29, 0.717) is 28.1 Å². The van der Waals surface area contributed by atoms with Crippen LogP contribution in [0, 0.1) is 0 Å². The van der Waals surface area contributed by atoms with E-state index in [0.717, 1.165) is 5.69 Å². The van der Waals surface area contributed by atoms with Gasteiger partial charge in [0.1, 0.15) is 5.82 Å². The van der Waals surface area contributed by atoms with Crippen LogP contribution in [0.1, 0.15) is 12.7 Å². The number of aromatic nitrogens is 3. The molecule has 8 heteroatoms. The number of halogens is 1. The quantitative estimate of drug-likeness (QED) is 0.590. The predicted octanol–water partition coefficient (Wildman–Crippen LogP) is 3.57. The van der Waals surface area contributed by atoms with Crippen LogP contribution in [-0.2, 0) is 11.2 Å². The Hall–Kier alpha value is -2.35. The maximum Gasteiger partial charge on any atom is 0.234 e. The predicted molar refractivity (Wildman–Crippen MR) is 108 cm³/mol. The molecule has 0 saturated carbocycles. The summed E-state index contributed by atoms with van der Waals surface area (Å²) in [5.41, 5.74) is 1.57. The maximum atomic E-state index is 12.2. The first-order valence-corrected chi connectivity index (χ1v) is 9.75. The third-order valence-corrected chi connectivity index (χ3v) is 4.83. The average molecular weight is 403 g/mol. The van der Waals surface area contributed by atoms with Crippen molar-refractivity contribution in [2.75, 3.05) is 11.1 Å². The largest absolute Gasteiger partial charge is 0.393 e. The van der Waals surface area contributed by atoms with Crippen molar-refractivity contribution in [1.29, 1.82) is 0 Å². The van der Waals surface area contributed by atoms with Gasteiger partial charge in [-0.1, -0.05) is 41.6 Å². The molecule has 2 N–H and O–H groups in total. The molecular formula is C19H19ClN4O2S. The number of benzene rings is 2. The van der Waals surface area contributed by atoms with Gasteiger partial charge in [-0.2, -0.15) is 0 Å². The average Bonchev–Trinajstić information content (AvgIpc) is 3.04. The molecule has 0 unspecified atom stereocenters. The number of carbonyl (C=O) groups is 1. The van der Waals surface area contributed by atoms with Gasteiger partial charge in [-0.3, -0.25) is 9.36 Å². The SMILES string of the molecule is C[C@@H](O)Cc1nnc(SCC(=O)Nc2ccc(Cl)cc2)n1-c1ccccc1. The van der Waals surface area contributed by atoms with Crippen molar-refractivity contribution in [3.63, 3.8) is 0 Å². The molecule has 3 aromatic rings. The summed E-state index contributed by atoms with van der Waals surface area (Å²) in [6, 6.07) is 16.6. The van der Waals surface area contributed by atoms with E-state index in [1.807, 2.05) is 34.9 Å². The number of hydrogen-bond acceptors (Lipinski definition) is 5. The minimum absolute atomic E-state index is 0.151. The maximum absolute atomic E-state index is 12.2. The second-order valence-corrected chi connectivity index (χ2v) is 7.35. The van der Waals surface area contributed by atoms with Crippen molar-refractivity contribution >= 4 is 35.0 Å². The second-order valence-electron chi connectivity index (χ2n) is 5.97. The van der Waals surface area contributed by atoms with Crippen molar-refractivity contribution in [2.24, 2.45) is 0 Å². The Kier molecular flexibility index (Phi) is 6.49. The number of aliphatic hydroxyl groups excluding tert-OH is 1. The van der Waals surface area contributed by atoms with Gasteiger partial charge in [0, 0.05) is 22.8 Å². The minimum atomic E-state index is -0.539. The van der Waals surface area contributed by atoms with Crippen LogP contribution in [0.5, 0.6) is 0 Å². The number of aliphatic hydroxyl groups is 1. The topological polar surface area (TPSA) is 80.0 Å². The molecule has 0 spiro atoms. The van der Waals surface area contributed by atoms with Crippen LogP contribution in [0.2, 0.25) is 5.02 Å². The first kappa shape index (κ1) is 19.4. The minimum Gasteiger partial charge on any atom is -0.393 e. The Morgan fingerprint density at radius 2 is 1.89 bits per heavy atom. The van der Waals surface area contributed by atoms with Crippen molar-refractivity contribution in [3.8, 4) is 5.69 Å². The van der Waals surface area contributed by atoms with Crippen LogP contribution in [-0.4, -0.2) is 37.6 Å². The number of hydrogen-bond donors (Lipinski definition) is 2. The van der Waals surface area contributed by atoms with Crippen LogP contribution >= 0.6 is 23.4 Å². The molecule has 2 aromatic carbocycles. The highest BCUT2D eigenvalue weighted by Gasteiger charge is 2.17. The standard InChI is InChI=1S/C19H19ClN4O2S/c1-13(25)11-17-22-23-19(24(17)16-5-3-2-4-6-16)27-12-18(26)21-15-9-7-14(20)8-10-15/h2-10,13,25H,11-12H2,1H3,(H,21,26)/t13-/m1/s1. The number of carbonyl (C=O) groups excluding carboxylic acids is 1.